The summed E-state index contributed by atoms with van der Waals surface area (Å²) in [6.45, 7) is 10.8. The number of ether oxygens (including phenoxy) is 3. The molecule has 0 fully saturated rings. The predicted molar refractivity (Wildman–Crippen MR) is 149 cm³/mol. The van der Waals surface area contributed by atoms with Crippen LogP contribution in [0.25, 0.3) is 0 Å². The van der Waals surface area contributed by atoms with Crippen LogP contribution in [0.4, 0.5) is 5.69 Å². The highest BCUT2D eigenvalue weighted by molar-refractivity contribution is 7.92. The molecule has 0 unspecified atom stereocenters. The van der Waals surface area contributed by atoms with Gasteiger partial charge >= 0.3 is 0 Å². The van der Waals surface area contributed by atoms with Crippen molar-refractivity contribution in [1.82, 2.24) is 5.32 Å². The van der Waals surface area contributed by atoms with Gasteiger partial charge in [-0.15, -0.1) is 0 Å². The molecule has 3 aromatic rings. The highest BCUT2D eigenvalue weighted by Crippen LogP contribution is 2.40. The van der Waals surface area contributed by atoms with E-state index in [0.29, 0.717) is 36.1 Å². The maximum atomic E-state index is 13.9. The molecule has 0 saturated carbocycles. The summed E-state index contributed by atoms with van der Waals surface area (Å²) < 4.78 is 46.4. The maximum Gasteiger partial charge on any atom is 0.264 e. The zero-order valence-corrected chi connectivity index (χ0v) is 23.7. The molecule has 8 nitrogen and oxygen atoms in total. The van der Waals surface area contributed by atoms with Gasteiger partial charge in [-0.1, -0.05) is 50.6 Å². The van der Waals surface area contributed by atoms with Crippen LogP contribution in [0.15, 0.2) is 65.6 Å². The van der Waals surface area contributed by atoms with Gasteiger partial charge in [-0.25, -0.2) is 8.42 Å². The molecule has 9 heteroatoms. The molecular formula is C30H34N2O6S. The molecule has 2 aliphatic heterocycles. The molecule has 0 saturated heterocycles. The second kappa shape index (κ2) is 10.1. The molecule has 0 aliphatic carbocycles. The van der Waals surface area contributed by atoms with E-state index in [4.69, 9.17) is 14.2 Å². The van der Waals surface area contributed by atoms with Crippen LogP contribution in [-0.4, -0.2) is 40.2 Å². The highest BCUT2D eigenvalue weighted by Gasteiger charge is 2.38. The fourth-order valence-electron chi connectivity index (χ4n) is 4.64. The standard InChI is InChI=1S/C30H34N2O6S/c1-19-6-10-23(11-7-19)39(34,35)32-18-28(38-25-13-9-22(17-24(25)32)30(3,4)5)29(33)31-20(2)21-8-12-26-27(16-21)37-15-14-36-26/h6-13,16-17,20,28H,14-15,18H2,1-5H3,(H,31,33)/t20-,28+/m0/s1. The van der Waals surface area contributed by atoms with E-state index < -0.39 is 22.0 Å². The van der Waals surface area contributed by atoms with E-state index in [0.717, 1.165) is 16.7 Å². The number of sulfonamides is 1. The van der Waals surface area contributed by atoms with Gasteiger partial charge in [0.1, 0.15) is 19.0 Å². The molecule has 39 heavy (non-hydrogen) atoms. The first-order chi connectivity index (χ1) is 18.4. The maximum absolute atomic E-state index is 13.9. The van der Waals surface area contributed by atoms with Gasteiger partial charge in [0.25, 0.3) is 15.9 Å². The molecule has 0 radical (unpaired) electrons. The minimum absolute atomic E-state index is 0.156. The molecule has 0 aromatic heterocycles. The van der Waals surface area contributed by atoms with Crippen molar-refractivity contribution in [3.8, 4) is 17.2 Å². The van der Waals surface area contributed by atoms with Crippen molar-refractivity contribution in [3.63, 3.8) is 0 Å². The van der Waals surface area contributed by atoms with Crippen LogP contribution in [0.1, 0.15) is 50.4 Å². The number of rotatable bonds is 5. The second-order valence-electron chi connectivity index (χ2n) is 11.0. The fourth-order valence-corrected chi connectivity index (χ4v) is 6.11. The fraction of sp³-hybridized carbons (Fsp3) is 0.367. The average molecular weight is 551 g/mol. The van der Waals surface area contributed by atoms with Crippen LogP contribution in [-0.2, 0) is 20.2 Å². The lowest BCUT2D eigenvalue weighted by atomic mass is 9.86. The summed E-state index contributed by atoms with van der Waals surface area (Å²) in [5.41, 5.74) is 2.97. The van der Waals surface area contributed by atoms with E-state index in [2.05, 4.69) is 26.1 Å². The van der Waals surface area contributed by atoms with Gasteiger partial charge in [-0.2, -0.15) is 0 Å². The van der Waals surface area contributed by atoms with E-state index in [-0.39, 0.29) is 22.9 Å². The number of nitrogens with one attached hydrogen (secondary N) is 1. The Kier molecular flexibility index (Phi) is 6.97. The zero-order valence-electron chi connectivity index (χ0n) is 22.9. The van der Waals surface area contributed by atoms with Crippen LogP contribution >= 0.6 is 0 Å². The monoisotopic (exact) mass is 550 g/mol. The number of fused-ring (bicyclic) bond motifs is 2. The van der Waals surface area contributed by atoms with E-state index in [9.17, 15) is 13.2 Å². The quantitative estimate of drug-likeness (QED) is 0.486. The molecule has 2 aliphatic rings. The topological polar surface area (TPSA) is 94.2 Å². The van der Waals surface area contributed by atoms with Crippen molar-refractivity contribution in [3.05, 3.63) is 77.4 Å². The molecule has 1 N–H and O–H groups in total. The third kappa shape index (κ3) is 5.41. The van der Waals surface area contributed by atoms with Crippen molar-refractivity contribution >= 4 is 21.6 Å². The molecule has 2 atom stereocenters. The van der Waals surface area contributed by atoms with Gasteiger partial charge < -0.3 is 19.5 Å². The van der Waals surface area contributed by atoms with Crippen molar-refractivity contribution < 1.29 is 27.4 Å². The van der Waals surface area contributed by atoms with Crippen molar-refractivity contribution in [2.45, 2.75) is 57.1 Å². The van der Waals surface area contributed by atoms with Gasteiger partial charge in [-0.3, -0.25) is 9.10 Å². The first kappa shape index (κ1) is 26.9. The van der Waals surface area contributed by atoms with Crippen molar-refractivity contribution in [1.29, 1.82) is 0 Å². The van der Waals surface area contributed by atoms with Crippen molar-refractivity contribution in [2.24, 2.45) is 0 Å². The lowest BCUT2D eigenvalue weighted by Crippen LogP contribution is -2.51. The third-order valence-corrected chi connectivity index (χ3v) is 8.81. The molecule has 0 spiro atoms. The van der Waals surface area contributed by atoms with Gasteiger partial charge in [0.05, 0.1) is 23.2 Å². The number of benzene rings is 3. The van der Waals surface area contributed by atoms with E-state index >= 15 is 0 Å². The minimum Gasteiger partial charge on any atom is -0.486 e. The lowest BCUT2D eigenvalue weighted by molar-refractivity contribution is -0.128. The number of nitrogens with zero attached hydrogens (tertiary/aromatic N) is 1. The molecule has 0 bridgehead atoms. The summed E-state index contributed by atoms with van der Waals surface area (Å²) in [5.74, 6) is 1.24. The van der Waals surface area contributed by atoms with Crippen LogP contribution in [0.3, 0.4) is 0 Å². The Hall–Kier alpha value is -3.72. The van der Waals surface area contributed by atoms with Crippen molar-refractivity contribution in [2.75, 3.05) is 24.1 Å². The number of carbonyl (C=O) groups is 1. The Morgan fingerprint density at radius 3 is 2.31 bits per heavy atom. The number of hydrogen-bond acceptors (Lipinski definition) is 6. The summed E-state index contributed by atoms with van der Waals surface area (Å²) in [7, 11) is -3.97. The molecule has 2 heterocycles. The minimum atomic E-state index is -3.97. The summed E-state index contributed by atoms with van der Waals surface area (Å²) in [4.78, 5) is 13.6. The van der Waals surface area contributed by atoms with E-state index in [1.807, 2.05) is 44.2 Å². The normalized spacial score (nSPS) is 17.6. The second-order valence-corrected chi connectivity index (χ2v) is 12.9. The SMILES string of the molecule is Cc1ccc(S(=O)(=O)N2C[C@H](C(=O)N[C@@H](C)c3ccc4c(c3)OCCO4)Oc3ccc(C(C)(C)C)cc32)cc1. The summed E-state index contributed by atoms with van der Waals surface area (Å²) in [5, 5.41) is 2.98. The lowest BCUT2D eigenvalue weighted by Gasteiger charge is -2.36. The number of anilines is 1. The Morgan fingerprint density at radius 1 is 0.949 bits per heavy atom. The first-order valence-corrected chi connectivity index (χ1v) is 14.5. The first-order valence-electron chi connectivity index (χ1n) is 13.0. The average Bonchev–Trinajstić information content (AvgIpc) is 2.91. The summed E-state index contributed by atoms with van der Waals surface area (Å²) >= 11 is 0. The number of carbonyl (C=O) groups excluding carboxylic acids is 1. The molecule has 1 amide bonds. The van der Waals surface area contributed by atoms with Crippen LogP contribution in [0.2, 0.25) is 0 Å². The number of aryl methyl sites for hydroxylation is 1. The van der Waals surface area contributed by atoms with Crippen LogP contribution < -0.4 is 23.8 Å². The highest BCUT2D eigenvalue weighted by atomic mass is 32.2. The van der Waals surface area contributed by atoms with E-state index in [1.165, 1.54) is 4.31 Å². The Labute approximate surface area is 229 Å². The van der Waals surface area contributed by atoms with Gasteiger partial charge in [0.2, 0.25) is 0 Å². The summed E-state index contributed by atoms with van der Waals surface area (Å²) in [6.07, 6.45) is -1.04. The van der Waals surface area contributed by atoms with Crippen LogP contribution in [0.5, 0.6) is 17.2 Å². The van der Waals surface area contributed by atoms with Gasteiger partial charge in [0, 0.05) is 0 Å². The predicted octanol–water partition coefficient (Wildman–Crippen LogP) is 4.90. The number of hydrogen-bond donors (Lipinski definition) is 1. The van der Waals surface area contributed by atoms with Gasteiger partial charge in [0.15, 0.2) is 17.6 Å². The molecular weight excluding hydrogens is 516 g/mol. The Balaban J connectivity index is 1.45. The zero-order chi connectivity index (χ0) is 27.9. The number of amides is 1. The Bertz CT molecular complexity index is 1490. The van der Waals surface area contributed by atoms with E-state index in [1.54, 1.807) is 30.3 Å². The Morgan fingerprint density at radius 2 is 1.62 bits per heavy atom. The molecule has 5 rings (SSSR count). The molecule has 3 aromatic carbocycles. The smallest absolute Gasteiger partial charge is 0.264 e. The molecule has 206 valence electrons. The van der Waals surface area contributed by atoms with Crippen LogP contribution in [0, 0.1) is 6.92 Å². The van der Waals surface area contributed by atoms with Gasteiger partial charge in [-0.05, 0) is 66.8 Å². The third-order valence-electron chi connectivity index (χ3n) is 7.02. The summed E-state index contributed by atoms with van der Waals surface area (Å²) in [6, 6.07) is 17.4. The largest absolute Gasteiger partial charge is 0.486 e.